The fourth-order valence-corrected chi connectivity index (χ4v) is 13.0. The monoisotopic (exact) mass is 803 g/mol. The Kier molecular flexibility index (Phi) is 8.83. The molecule has 4 aliphatic rings. The highest BCUT2D eigenvalue weighted by Gasteiger charge is 2.73. The van der Waals surface area contributed by atoms with Crippen molar-refractivity contribution in [1.29, 1.82) is 0 Å². The summed E-state index contributed by atoms with van der Waals surface area (Å²) >= 11 is 0. The number of fused-ring (bicyclic) bond motifs is 3. The minimum atomic E-state index is 0.0845. The van der Waals surface area contributed by atoms with Gasteiger partial charge in [-0.2, -0.15) is 0 Å². The summed E-state index contributed by atoms with van der Waals surface area (Å²) in [7, 11) is 0. The topological polar surface area (TPSA) is 6.48 Å². The van der Waals surface area contributed by atoms with Gasteiger partial charge in [-0.15, -0.1) is 0 Å². The molecule has 0 saturated heterocycles. The van der Waals surface area contributed by atoms with Crippen LogP contribution >= 0.6 is 0 Å². The second-order valence-electron chi connectivity index (χ2n) is 22.2. The lowest BCUT2D eigenvalue weighted by atomic mass is 9.51. The summed E-state index contributed by atoms with van der Waals surface area (Å²) in [6.45, 7) is 27.6. The van der Waals surface area contributed by atoms with E-state index in [4.69, 9.17) is 0 Å². The molecule has 3 bridgehead atoms. The zero-order valence-electron chi connectivity index (χ0n) is 39.0. The van der Waals surface area contributed by atoms with Crippen molar-refractivity contribution in [3.05, 3.63) is 165 Å². The van der Waals surface area contributed by atoms with E-state index in [1.807, 2.05) is 0 Å². The first-order valence-electron chi connectivity index (χ1n) is 23.1. The maximum atomic E-state index is 2.66. The van der Waals surface area contributed by atoms with Crippen LogP contribution in [-0.4, -0.2) is 0 Å². The van der Waals surface area contributed by atoms with E-state index in [0.717, 1.165) is 0 Å². The third-order valence-electron chi connectivity index (χ3n) is 16.0. The van der Waals surface area contributed by atoms with Crippen LogP contribution in [0.5, 0.6) is 0 Å². The number of aryl methyl sites for hydroxylation is 6. The van der Waals surface area contributed by atoms with E-state index in [1.165, 1.54) is 128 Å². The molecule has 3 fully saturated rings. The summed E-state index contributed by atoms with van der Waals surface area (Å²) in [5.41, 5.74) is 25.3. The molecule has 3 spiro atoms. The van der Waals surface area contributed by atoms with E-state index in [0.29, 0.717) is 5.41 Å². The Bertz CT molecular complexity index is 2500. The molecular weight excluding hydrogens is 737 g/mol. The molecule has 3 saturated carbocycles. The molecule has 2 heteroatoms. The molecular formula is C59H66N2. The average Bonchev–Trinajstić information content (AvgIpc) is 3.84. The molecule has 0 heterocycles. The van der Waals surface area contributed by atoms with Crippen LogP contribution in [0.4, 0.5) is 34.1 Å². The Balaban J connectivity index is 1.18. The summed E-state index contributed by atoms with van der Waals surface area (Å²) in [5, 5.41) is 0. The van der Waals surface area contributed by atoms with Crippen LogP contribution < -0.4 is 9.80 Å². The normalized spacial score (nSPS) is 22.2. The lowest BCUT2D eigenvalue weighted by molar-refractivity contribution is 0.231. The van der Waals surface area contributed by atoms with Gasteiger partial charge in [0.2, 0.25) is 0 Å². The Labute approximate surface area is 367 Å². The second kappa shape index (κ2) is 13.5. The van der Waals surface area contributed by atoms with Crippen molar-refractivity contribution in [2.75, 3.05) is 9.80 Å². The van der Waals surface area contributed by atoms with Gasteiger partial charge >= 0.3 is 0 Å². The molecule has 0 N–H and O–H groups in total. The molecule has 312 valence electrons. The fraction of sp³-hybridized carbons (Fsp3) is 0.390. The summed E-state index contributed by atoms with van der Waals surface area (Å²) < 4.78 is 0. The van der Waals surface area contributed by atoms with Gasteiger partial charge in [0.1, 0.15) is 0 Å². The number of benzene rings is 6. The largest absolute Gasteiger partial charge is 0.310 e. The minimum Gasteiger partial charge on any atom is -0.310 e. The number of nitrogens with zero attached hydrogens (tertiary/aromatic N) is 2. The van der Waals surface area contributed by atoms with Crippen molar-refractivity contribution in [3.8, 4) is 11.1 Å². The van der Waals surface area contributed by atoms with Crippen LogP contribution in [0, 0.1) is 47.0 Å². The molecule has 2 atom stereocenters. The zero-order valence-corrected chi connectivity index (χ0v) is 39.0. The van der Waals surface area contributed by atoms with Gasteiger partial charge in [-0.05, 0) is 200 Å². The van der Waals surface area contributed by atoms with Crippen molar-refractivity contribution in [3.63, 3.8) is 0 Å². The standard InChI is InChI=1S/C59H66N2/c1-37-13-17-45(18-14-37)60(53-39(3)29-43(30-40(53)4)55(7,8)9)47-21-23-49-50-24-22-48(34-52(50)59-28-26-57(36-59)25-27-58(59,35-57)51(49)33-47)61(46-19-15-38(2)16-20-46)54-41(5)31-44(32-42(54)6)56(10,11)12/h13-24,29-34H,25-28,35-36H2,1-12H3/t57?,58-,59-/m0/s1. The van der Waals surface area contributed by atoms with E-state index in [9.17, 15) is 0 Å². The summed E-state index contributed by atoms with van der Waals surface area (Å²) in [5.74, 6) is 0. The molecule has 0 aromatic heterocycles. The van der Waals surface area contributed by atoms with Crippen molar-refractivity contribution in [2.45, 2.75) is 143 Å². The smallest absolute Gasteiger partial charge is 0.0520 e. The predicted octanol–water partition coefficient (Wildman–Crippen LogP) is 16.6. The SMILES string of the molecule is Cc1ccc(N(c2ccc3c(c2)[C@@]24CCC5(CC[C@]2(C5)c2cc(N(c5ccc(C)cc5)c5c(C)cc(C(C)(C)C)cc5C)ccc2-3)C4)c2c(C)cc(C(C)(C)C)cc2C)cc1. The van der Waals surface area contributed by atoms with Gasteiger partial charge in [0.25, 0.3) is 0 Å². The molecule has 10 rings (SSSR count). The van der Waals surface area contributed by atoms with Gasteiger partial charge in [-0.1, -0.05) is 113 Å². The number of anilines is 6. The first-order valence-corrected chi connectivity index (χ1v) is 23.1. The Morgan fingerprint density at radius 2 is 0.721 bits per heavy atom. The van der Waals surface area contributed by atoms with Crippen molar-refractivity contribution in [2.24, 2.45) is 5.41 Å². The maximum absolute atomic E-state index is 2.66. The first-order chi connectivity index (χ1) is 28.8. The highest BCUT2D eigenvalue weighted by Crippen LogP contribution is 2.81. The Hall–Kier alpha value is -5.08. The molecule has 2 nitrogen and oxygen atoms in total. The first kappa shape index (κ1) is 40.0. The van der Waals surface area contributed by atoms with E-state index in [1.54, 1.807) is 11.1 Å². The van der Waals surface area contributed by atoms with Crippen molar-refractivity contribution >= 4 is 34.1 Å². The van der Waals surface area contributed by atoms with Crippen LogP contribution in [-0.2, 0) is 21.7 Å². The van der Waals surface area contributed by atoms with E-state index in [-0.39, 0.29) is 21.7 Å². The zero-order chi connectivity index (χ0) is 43.0. The molecule has 0 radical (unpaired) electrons. The fourth-order valence-electron chi connectivity index (χ4n) is 13.0. The number of hydrogen-bond donors (Lipinski definition) is 0. The van der Waals surface area contributed by atoms with E-state index >= 15 is 0 Å². The molecule has 6 aromatic carbocycles. The number of rotatable bonds is 6. The van der Waals surface area contributed by atoms with E-state index in [2.05, 4.69) is 202 Å². The highest BCUT2D eigenvalue weighted by molar-refractivity contribution is 5.89. The minimum absolute atomic E-state index is 0.0845. The maximum Gasteiger partial charge on any atom is 0.0520 e. The summed E-state index contributed by atoms with van der Waals surface area (Å²) in [6, 6.07) is 43.3. The highest BCUT2D eigenvalue weighted by atomic mass is 15.2. The molecule has 61 heavy (non-hydrogen) atoms. The lowest BCUT2D eigenvalue weighted by Gasteiger charge is -2.52. The number of hydrogen-bond acceptors (Lipinski definition) is 2. The quantitative estimate of drug-likeness (QED) is 0.165. The molecule has 4 aliphatic carbocycles. The van der Waals surface area contributed by atoms with Crippen LogP contribution in [0.2, 0.25) is 0 Å². The van der Waals surface area contributed by atoms with Gasteiger partial charge in [0.05, 0.1) is 11.4 Å². The van der Waals surface area contributed by atoms with Gasteiger partial charge in [0, 0.05) is 33.6 Å². The van der Waals surface area contributed by atoms with Crippen LogP contribution in [0.15, 0.2) is 109 Å². The lowest BCUT2D eigenvalue weighted by Crippen LogP contribution is -2.47. The third-order valence-corrected chi connectivity index (χ3v) is 16.0. The van der Waals surface area contributed by atoms with Gasteiger partial charge in [-0.3, -0.25) is 0 Å². The molecule has 0 unspecified atom stereocenters. The van der Waals surface area contributed by atoms with Gasteiger partial charge < -0.3 is 9.80 Å². The van der Waals surface area contributed by atoms with E-state index < -0.39 is 0 Å². The second-order valence-corrected chi connectivity index (χ2v) is 22.2. The van der Waals surface area contributed by atoms with Crippen molar-refractivity contribution < 1.29 is 0 Å². The Morgan fingerprint density at radius 3 is 1.05 bits per heavy atom. The third kappa shape index (κ3) is 6.01. The van der Waals surface area contributed by atoms with Crippen LogP contribution in [0.3, 0.4) is 0 Å². The van der Waals surface area contributed by atoms with Crippen LogP contribution in [0.1, 0.15) is 136 Å². The summed E-state index contributed by atoms with van der Waals surface area (Å²) in [4.78, 5) is 5.15. The van der Waals surface area contributed by atoms with Gasteiger partial charge in [0.15, 0.2) is 0 Å². The van der Waals surface area contributed by atoms with Gasteiger partial charge in [-0.25, -0.2) is 0 Å². The Morgan fingerprint density at radius 1 is 0.393 bits per heavy atom. The summed E-state index contributed by atoms with van der Waals surface area (Å²) in [6.07, 6.45) is 7.91. The molecule has 0 aliphatic heterocycles. The average molecular weight is 803 g/mol. The molecule has 6 aromatic rings. The van der Waals surface area contributed by atoms with Crippen molar-refractivity contribution in [1.82, 2.24) is 0 Å². The van der Waals surface area contributed by atoms with Crippen LogP contribution in [0.25, 0.3) is 11.1 Å². The molecule has 0 amide bonds. The predicted molar refractivity (Wildman–Crippen MR) is 261 cm³/mol.